The van der Waals surface area contributed by atoms with Crippen LogP contribution in [0.5, 0.6) is 0 Å². The number of nitrogens with one attached hydrogen (secondary N) is 1. The molecule has 6 heteroatoms. The molecular weight excluding hydrogens is 326 g/mol. The maximum Gasteiger partial charge on any atom is 0.244 e. The van der Waals surface area contributed by atoms with Crippen molar-refractivity contribution in [3.63, 3.8) is 0 Å². The second kappa shape index (κ2) is 6.48. The van der Waals surface area contributed by atoms with E-state index in [9.17, 15) is 4.79 Å². The first-order valence-electron chi connectivity index (χ1n) is 8.43. The molecule has 0 radical (unpaired) electrons. The molecule has 3 aromatic rings. The van der Waals surface area contributed by atoms with Crippen molar-refractivity contribution in [1.29, 1.82) is 0 Å². The maximum absolute atomic E-state index is 12.0. The molecule has 2 aromatic carbocycles. The molecule has 0 atom stereocenters. The standard InChI is InChI=1S/C20H19N5O/c1-13-22-19(21)18-20(23-13)25(12-17(26)24-18)11-14-7-9-16(10-8-14)15-5-3-2-4-6-15/h2-10H,11-12H2,1H3,(H,24,26)(H2,21,22,23). The molecule has 0 unspecified atom stereocenters. The van der Waals surface area contributed by atoms with E-state index in [0.717, 1.165) is 11.1 Å². The number of nitrogens with zero attached hydrogens (tertiary/aromatic N) is 3. The van der Waals surface area contributed by atoms with Gasteiger partial charge in [0.2, 0.25) is 5.91 Å². The van der Waals surface area contributed by atoms with Crippen LogP contribution in [0.15, 0.2) is 54.6 Å². The van der Waals surface area contributed by atoms with E-state index in [1.165, 1.54) is 5.56 Å². The van der Waals surface area contributed by atoms with Crippen molar-refractivity contribution in [3.05, 3.63) is 66.0 Å². The minimum Gasteiger partial charge on any atom is -0.382 e. The molecule has 6 nitrogen and oxygen atoms in total. The second-order valence-electron chi connectivity index (χ2n) is 6.32. The number of nitrogen functional groups attached to an aromatic ring is 1. The highest BCUT2D eigenvalue weighted by molar-refractivity contribution is 6.02. The Hall–Kier alpha value is -3.41. The van der Waals surface area contributed by atoms with E-state index in [-0.39, 0.29) is 12.5 Å². The van der Waals surface area contributed by atoms with E-state index in [2.05, 4.69) is 51.7 Å². The summed E-state index contributed by atoms with van der Waals surface area (Å²) in [6, 6.07) is 18.6. The van der Waals surface area contributed by atoms with Crippen molar-refractivity contribution < 1.29 is 4.79 Å². The van der Waals surface area contributed by atoms with Gasteiger partial charge in [0.1, 0.15) is 11.5 Å². The molecule has 1 aromatic heterocycles. The third-order valence-electron chi connectivity index (χ3n) is 4.36. The number of hydrogen-bond donors (Lipinski definition) is 2. The average Bonchev–Trinajstić information content (AvgIpc) is 2.64. The van der Waals surface area contributed by atoms with Crippen molar-refractivity contribution in [2.75, 3.05) is 22.5 Å². The molecule has 0 saturated heterocycles. The molecule has 0 aliphatic carbocycles. The number of amides is 1. The first kappa shape index (κ1) is 16.1. The number of carbonyl (C=O) groups is 1. The lowest BCUT2D eigenvalue weighted by atomic mass is 10.0. The van der Waals surface area contributed by atoms with Gasteiger partial charge in [0.15, 0.2) is 11.6 Å². The van der Waals surface area contributed by atoms with Crippen molar-refractivity contribution in [2.45, 2.75) is 13.5 Å². The molecule has 0 bridgehead atoms. The van der Waals surface area contributed by atoms with Gasteiger partial charge in [0.25, 0.3) is 0 Å². The van der Waals surface area contributed by atoms with Crippen molar-refractivity contribution in [3.8, 4) is 11.1 Å². The Morgan fingerprint density at radius 2 is 1.73 bits per heavy atom. The summed E-state index contributed by atoms with van der Waals surface area (Å²) >= 11 is 0. The average molecular weight is 345 g/mol. The minimum atomic E-state index is -0.113. The number of benzene rings is 2. The molecule has 130 valence electrons. The number of hydrogen-bond acceptors (Lipinski definition) is 5. The summed E-state index contributed by atoms with van der Waals surface area (Å²) in [6.45, 7) is 2.61. The predicted octanol–water partition coefficient (Wildman–Crippen LogP) is 2.99. The summed E-state index contributed by atoms with van der Waals surface area (Å²) in [5, 5.41) is 2.77. The zero-order valence-electron chi connectivity index (χ0n) is 14.4. The monoisotopic (exact) mass is 345 g/mol. The smallest absolute Gasteiger partial charge is 0.244 e. The van der Waals surface area contributed by atoms with Crippen LogP contribution in [0.2, 0.25) is 0 Å². The molecule has 3 N–H and O–H groups in total. The number of aromatic nitrogens is 2. The largest absolute Gasteiger partial charge is 0.382 e. The van der Waals surface area contributed by atoms with Crippen LogP contribution in [0.1, 0.15) is 11.4 Å². The second-order valence-corrected chi connectivity index (χ2v) is 6.32. The van der Waals surface area contributed by atoms with Gasteiger partial charge in [-0.3, -0.25) is 4.79 Å². The Labute approximate surface area is 151 Å². The van der Waals surface area contributed by atoms with Gasteiger partial charge in [-0.2, -0.15) is 0 Å². The third-order valence-corrected chi connectivity index (χ3v) is 4.36. The van der Waals surface area contributed by atoms with Crippen LogP contribution < -0.4 is 16.0 Å². The fraction of sp³-hybridized carbons (Fsp3) is 0.150. The topological polar surface area (TPSA) is 84.1 Å². The summed E-state index contributed by atoms with van der Waals surface area (Å²) in [6.07, 6.45) is 0. The summed E-state index contributed by atoms with van der Waals surface area (Å²) in [4.78, 5) is 22.6. The molecule has 0 fully saturated rings. The normalized spacial score (nSPS) is 13.3. The van der Waals surface area contributed by atoms with Gasteiger partial charge in [-0.05, 0) is 23.6 Å². The summed E-state index contributed by atoms with van der Waals surface area (Å²) < 4.78 is 0. The molecule has 26 heavy (non-hydrogen) atoms. The molecule has 1 aliphatic rings. The van der Waals surface area contributed by atoms with Crippen LogP contribution in [0.25, 0.3) is 11.1 Å². The highest BCUT2D eigenvalue weighted by Crippen LogP contribution is 2.32. The lowest BCUT2D eigenvalue weighted by Gasteiger charge is -2.30. The summed E-state index contributed by atoms with van der Waals surface area (Å²) in [5.74, 6) is 1.44. The number of anilines is 3. The maximum atomic E-state index is 12.0. The van der Waals surface area contributed by atoms with Gasteiger partial charge in [0.05, 0.1) is 6.54 Å². The van der Waals surface area contributed by atoms with Gasteiger partial charge < -0.3 is 16.0 Å². The van der Waals surface area contributed by atoms with Gasteiger partial charge in [-0.1, -0.05) is 54.6 Å². The van der Waals surface area contributed by atoms with Crippen molar-refractivity contribution >= 4 is 23.2 Å². The molecule has 4 rings (SSSR count). The van der Waals surface area contributed by atoms with Gasteiger partial charge in [-0.15, -0.1) is 0 Å². The zero-order valence-corrected chi connectivity index (χ0v) is 14.4. The summed E-state index contributed by atoms with van der Waals surface area (Å²) in [5.41, 5.74) is 9.88. The van der Waals surface area contributed by atoms with E-state index in [1.54, 1.807) is 6.92 Å². The number of rotatable bonds is 3. The minimum absolute atomic E-state index is 0.113. The SMILES string of the molecule is Cc1nc(N)c2c(n1)N(Cc1ccc(-c3ccccc3)cc1)CC(=O)N2. The number of aryl methyl sites for hydroxylation is 1. The molecule has 2 heterocycles. The van der Waals surface area contributed by atoms with Crippen LogP contribution in [-0.2, 0) is 11.3 Å². The van der Waals surface area contributed by atoms with E-state index in [0.29, 0.717) is 29.7 Å². The Kier molecular flexibility index (Phi) is 4.01. The highest BCUT2D eigenvalue weighted by Gasteiger charge is 2.26. The predicted molar refractivity (Wildman–Crippen MR) is 103 cm³/mol. The Morgan fingerprint density at radius 3 is 2.46 bits per heavy atom. The molecular formula is C20H19N5O. The first-order valence-corrected chi connectivity index (χ1v) is 8.43. The molecule has 0 spiro atoms. The van der Waals surface area contributed by atoms with E-state index in [1.807, 2.05) is 23.1 Å². The van der Waals surface area contributed by atoms with Gasteiger partial charge in [-0.25, -0.2) is 9.97 Å². The van der Waals surface area contributed by atoms with Gasteiger partial charge >= 0.3 is 0 Å². The van der Waals surface area contributed by atoms with Crippen LogP contribution in [-0.4, -0.2) is 22.4 Å². The van der Waals surface area contributed by atoms with Crippen LogP contribution in [0.3, 0.4) is 0 Å². The van der Waals surface area contributed by atoms with E-state index in [4.69, 9.17) is 5.73 Å². The zero-order chi connectivity index (χ0) is 18.1. The lowest BCUT2D eigenvalue weighted by molar-refractivity contribution is -0.115. The molecule has 1 amide bonds. The fourth-order valence-electron chi connectivity index (χ4n) is 3.14. The number of nitrogens with two attached hydrogens (primary N) is 1. The van der Waals surface area contributed by atoms with Gasteiger partial charge in [0, 0.05) is 6.54 Å². The Morgan fingerprint density at radius 1 is 1.04 bits per heavy atom. The van der Waals surface area contributed by atoms with Crippen molar-refractivity contribution in [1.82, 2.24) is 9.97 Å². The number of fused-ring (bicyclic) bond motifs is 1. The molecule has 0 saturated carbocycles. The first-order chi connectivity index (χ1) is 12.6. The van der Waals surface area contributed by atoms with Crippen LogP contribution in [0.4, 0.5) is 17.3 Å². The molecule has 1 aliphatic heterocycles. The van der Waals surface area contributed by atoms with E-state index >= 15 is 0 Å². The Balaban J connectivity index is 1.61. The van der Waals surface area contributed by atoms with Crippen molar-refractivity contribution in [2.24, 2.45) is 0 Å². The lowest BCUT2D eigenvalue weighted by Crippen LogP contribution is -2.39. The number of carbonyl (C=O) groups excluding carboxylic acids is 1. The highest BCUT2D eigenvalue weighted by atomic mass is 16.2. The fourth-order valence-corrected chi connectivity index (χ4v) is 3.14. The van der Waals surface area contributed by atoms with Crippen LogP contribution >= 0.6 is 0 Å². The third kappa shape index (κ3) is 3.09. The quantitative estimate of drug-likeness (QED) is 0.762. The van der Waals surface area contributed by atoms with E-state index < -0.39 is 0 Å². The van der Waals surface area contributed by atoms with Crippen LogP contribution in [0, 0.1) is 6.92 Å². The summed E-state index contributed by atoms with van der Waals surface area (Å²) in [7, 11) is 0. The Bertz CT molecular complexity index is 954.